The van der Waals surface area contributed by atoms with E-state index >= 15 is 0 Å². The van der Waals surface area contributed by atoms with Gasteiger partial charge in [0.2, 0.25) is 22.7 Å². The summed E-state index contributed by atoms with van der Waals surface area (Å²) in [6.45, 7) is 2.93. The van der Waals surface area contributed by atoms with Crippen LogP contribution in [0, 0.1) is 0 Å². The Balaban J connectivity index is 1.52. The van der Waals surface area contributed by atoms with Gasteiger partial charge in [0.1, 0.15) is 0 Å². The van der Waals surface area contributed by atoms with Gasteiger partial charge in [0.05, 0.1) is 11.9 Å². The summed E-state index contributed by atoms with van der Waals surface area (Å²) in [6.07, 6.45) is 1.81. The van der Waals surface area contributed by atoms with Crippen LogP contribution < -0.4 is 19.1 Å². The van der Waals surface area contributed by atoms with Crippen molar-refractivity contribution in [1.29, 1.82) is 0 Å². The van der Waals surface area contributed by atoms with Crippen LogP contribution >= 0.6 is 0 Å². The van der Waals surface area contributed by atoms with Gasteiger partial charge in [0.25, 0.3) is 0 Å². The van der Waals surface area contributed by atoms with E-state index in [1.54, 1.807) is 18.2 Å². The summed E-state index contributed by atoms with van der Waals surface area (Å²) in [7, 11) is -3.49. The fourth-order valence-electron chi connectivity index (χ4n) is 3.16. The highest BCUT2D eigenvalue weighted by Crippen LogP contribution is 2.36. The molecule has 156 valence electrons. The van der Waals surface area contributed by atoms with Crippen LogP contribution in [0.25, 0.3) is 0 Å². The number of ether oxygens (including phenoxy) is 2. The number of anilines is 1. The van der Waals surface area contributed by atoms with Gasteiger partial charge in [-0.05, 0) is 30.0 Å². The highest BCUT2D eigenvalue weighted by Gasteiger charge is 2.21. The van der Waals surface area contributed by atoms with Gasteiger partial charge in [0, 0.05) is 25.6 Å². The fourth-order valence-corrected chi connectivity index (χ4v) is 4.12. The number of amides is 1. The van der Waals surface area contributed by atoms with Crippen molar-refractivity contribution in [2.75, 3.05) is 30.4 Å². The molecule has 0 radical (unpaired) electrons. The van der Waals surface area contributed by atoms with Gasteiger partial charge >= 0.3 is 0 Å². The summed E-state index contributed by atoms with van der Waals surface area (Å²) < 4.78 is 36.3. The highest BCUT2D eigenvalue weighted by molar-refractivity contribution is 7.92. The molecule has 1 amide bonds. The third-order valence-corrected chi connectivity index (χ3v) is 5.98. The number of nitrogens with zero attached hydrogens (tertiary/aromatic N) is 1. The molecule has 0 saturated heterocycles. The van der Waals surface area contributed by atoms with Crippen LogP contribution in [-0.4, -0.2) is 40.5 Å². The summed E-state index contributed by atoms with van der Waals surface area (Å²) in [6, 6.07) is 15.0. The van der Waals surface area contributed by atoms with Crippen LogP contribution in [0.2, 0.25) is 0 Å². The summed E-state index contributed by atoms with van der Waals surface area (Å²) in [5, 5.41) is 2.92. The molecule has 2 aromatic rings. The zero-order valence-electron chi connectivity index (χ0n) is 16.6. The summed E-state index contributed by atoms with van der Waals surface area (Å²) in [5.41, 5.74) is 1.66. The molecule has 1 unspecified atom stereocenters. The minimum Gasteiger partial charge on any atom is -0.454 e. The van der Waals surface area contributed by atoms with E-state index in [1.807, 2.05) is 30.3 Å². The maximum atomic E-state index is 12.2. The summed E-state index contributed by atoms with van der Waals surface area (Å²) in [5.74, 6) is 1.23. The standard InChI is InChI=1S/C21H26N2O5S/c1-16(17-7-4-3-5-8-17)14-22-21(24)9-6-12-23(29(2,25)26)18-10-11-19-20(13-18)28-15-27-19/h3-5,7-8,10-11,13,16H,6,9,12,14-15H2,1-2H3,(H,22,24). The van der Waals surface area contributed by atoms with Crippen LogP contribution in [0.5, 0.6) is 11.5 Å². The number of nitrogens with one attached hydrogen (secondary N) is 1. The third kappa shape index (κ3) is 5.63. The Morgan fingerprint density at radius 2 is 1.86 bits per heavy atom. The first-order valence-corrected chi connectivity index (χ1v) is 11.4. The molecular formula is C21H26N2O5S. The number of benzene rings is 2. The molecule has 1 N–H and O–H groups in total. The SMILES string of the molecule is CC(CNC(=O)CCCN(c1ccc2c(c1)OCO2)S(C)(=O)=O)c1ccccc1. The predicted octanol–water partition coefficient (Wildman–Crippen LogP) is 2.88. The second-order valence-corrected chi connectivity index (χ2v) is 9.00. The van der Waals surface area contributed by atoms with Gasteiger partial charge in [0.15, 0.2) is 11.5 Å². The minimum absolute atomic E-state index is 0.0908. The number of carbonyl (C=O) groups is 1. The molecule has 7 nitrogen and oxygen atoms in total. The van der Waals surface area contributed by atoms with Gasteiger partial charge in [-0.15, -0.1) is 0 Å². The van der Waals surface area contributed by atoms with Crippen LogP contribution in [0.1, 0.15) is 31.2 Å². The van der Waals surface area contributed by atoms with E-state index in [2.05, 4.69) is 12.2 Å². The van der Waals surface area contributed by atoms with Crippen molar-refractivity contribution in [2.45, 2.75) is 25.7 Å². The largest absolute Gasteiger partial charge is 0.454 e. The molecular weight excluding hydrogens is 392 g/mol. The quantitative estimate of drug-likeness (QED) is 0.677. The van der Waals surface area contributed by atoms with Crippen molar-refractivity contribution in [3.63, 3.8) is 0 Å². The van der Waals surface area contributed by atoms with Gasteiger partial charge in [-0.3, -0.25) is 9.10 Å². The average Bonchev–Trinajstić information content (AvgIpc) is 3.17. The van der Waals surface area contributed by atoms with Gasteiger partial charge in [-0.25, -0.2) is 8.42 Å². The molecule has 0 fully saturated rings. The minimum atomic E-state index is -3.49. The average molecular weight is 419 g/mol. The summed E-state index contributed by atoms with van der Waals surface area (Å²) >= 11 is 0. The van der Waals surface area contributed by atoms with Crippen LogP contribution in [0.4, 0.5) is 5.69 Å². The summed E-state index contributed by atoms with van der Waals surface area (Å²) in [4.78, 5) is 12.2. The van der Waals surface area contributed by atoms with Crippen LogP contribution in [0.15, 0.2) is 48.5 Å². The number of hydrogen-bond acceptors (Lipinski definition) is 5. The van der Waals surface area contributed by atoms with E-state index < -0.39 is 10.0 Å². The van der Waals surface area contributed by atoms with Crippen molar-refractivity contribution >= 4 is 21.6 Å². The number of hydrogen-bond donors (Lipinski definition) is 1. The van der Waals surface area contributed by atoms with Crippen molar-refractivity contribution in [2.24, 2.45) is 0 Å². The Bertz CT molecular complexity index is 947. The van der Waals surface area contributed by atoms with Crippen LogP contribution in [-0.2, 0) is 14.8 Å². The van der Waals surface area contributed by atoms with Crippen molar-refractivity contribution in [3.8, 4) is 11.5 Å². The second kappa shape index (κ2) is 9.17. The molecule has 0 bridgehead atoms. The Labute approximate surface area is 171 Å². The van der Waals surface area contributed by atoms with Gasteiger partial charge in [-0.2, -0.15) is 0 Å². The van der Waals surface area contributed by atoms with E-state index in [9.17, 15) is 13.2 Å². The highest BCUT2D eigenvalue weighted by atomic mass is 32.2. The molecule has 0 saturated carbocycles. The number of fused-ring (bicyclic) bond motifs is 1. The van der Waals surface area contributed by atoms with E-state index in [4.69, 9.17) is 9.47 Å². The fraction of sp³-hybridized carbons (Fsp3) is 0.381. The van der Waals surface area contributed by atoms with Crippen molar-refractivity contribution in [3.05, 3.63) is 54.1 Å². The van der Waals surface area contributed by atoms with Crippen molar-refractivity contribution < 1.29 is 22.7 Å². The molecule has 0 spiro atoms. The van der Waals surface area contributed by atoms with Gasteiger partial charge < -0.3 is 14.8 Å². The maximum Gasteiger partial charge on any atom is 0.232 e. The first kappa shape index (κ1) is 21.0. The number of carbonyl (C=O) groups excluding carboxylic acids is 1. The van der Waals surface area contributed by atoms with E-state index in [0.717, 1.165) is 6.26 Å². The van der Waals surface area contributed by atoms with Gasteiger partial charge in [-0.1, -0.05) is 37.3 Å². The normalized spacial score (nSPS) is 13.7. The zero-order chi connectivity index (χ0) is 20.9. The monoisotopic (exact) mass is 418 g/mol. The predicted molar refractivity (Wildman–Crippen MR) is 112 cm³/mol. The number of rotatable bonds is 9. The Morgan fingerprint density at radius 1 is 1.14 bits per heavy atom. The lowest BCUT2D eigenvalue weighted by Crippen LogP contribution is -2.32. The first-order valence-electron chi connectivity index (χ1n) is 9.53. The molecule has 3 rings (SSSR count). The number of sulfonamides is 1. The molecule has 2 aromatic carbocycles. The molecule has 0 aliphatic carbocycles. The van der Waals surface area contributed by atoms with Crippen LogP contribution in [0.3, 0.4) is 0 Å². The second-order valence-electron chi connectivity index (χ2n) is 7.09. The molecule has 8 heteroatoms. The topological polar surface area (TPSA) is 84.9 Å². The molecule has 0 aromatic heterocycles. The first-order chi connectivity index (χ1) is 13.8. The zero-order valence-corrected chi connectivity index (χ0v) is 17.4. The molecule has 1 heterocycles. The molecule has 1 atom stereocenters. The van der Waals surface area contributed by atoms with Crippen molar-refractivity contribution in [1.82, 2.24) is 5.32 Å². The van der Waals surface area contributed by atoms with E-state index in [1.165, 1.54) is 9.87 Å². The third-order valence-electron chi connectivity index (χ3n) is 4.78. The lowest BCUT2D eigenvalue weighted by atomic mass is 10.0. The van der Waals surface area contributed by atoms with E-state index in [-0.39, 0.29) is 31.6 Å². The molecule has 1 aliphatic rings. The van der Waals surface area contributed by atoms with E-state index in [0.29, 0.717) is 30.2 Å². The smallest absolute Gasteiger partial charge is 0.232 e. The maximum absolute atomic E-state index is 12.2. The Morgan fingerprint density at radius 3 is 2.59 bits per heavy atom. The molecule has 1 aliphatic heterocycles. The Hall–Kier alpha value is -2.74. The lowest BCUT2D eigenvalue weighted by molar-refractivity contribution is -0.121. The lowest BCUT2D eigenvalue weighted by Gasteiger charge is -2.22. The molecule has 29 heavy (non-hydrogen) atoms. The Kier molecular flexibility index (Phi) is 6.64.